The molecule has 1 aromatic carbocycles. The van der Waals surface area contributed by atoms with Crippen LogP contribution in [0.3, 0.4) is 0 Å². The Morgan fingerprint density at radius 3 is 2.80 bits per heavy atom. The third-order valence-electron chi connectivity index (χ3n) is 2.75. The summed E-state index contributed by atoms with van der Waals surface area (Å²) in [6, 6.07) is 5.45. The zero-order valence-electron chi connectivity index (χ0n) is 10.4. The van der Waals surface area contributed by atoms with Crippen LogP contribution in [0.4, 0.5) is 0 Å². The van der Waals surface area contributed by atoms with E-state index in [1.807, 2.05) is 6.07 Å². The molecule has 5 nitrogen and oxygen atoms in total. The van der Waals surface area contributed by atoms with Crippen molar-refractivity contribution in [2.75, 3.05) is 6.61 Å². The van der Waals surface area contributed by atoms with Crippen molar-refractivity contribution in [1.82, 2.24) is 9.78 Å². The van der Waals surface area contributed by atoms with Gasteiger partial charge in [-0.3, -0.25) is 0 Å². The molecule has 0 spiro atoms. The highest BCUT2D eigenvalue weighted by Crippen LogP contribution is 2.24. The Hall–Kier alpha value is -1.12. The molecule has 0 atom stereocenters. The summed E-state index contributed by atoms with van der Waals surface area (Å²) in [4.78, 5) is 11.2. The lowest BCUT2D eigenvalue weighted by atomic mass is 10.1. The first-order valence-electron chi connectivity index (χ1n) is 5.91. The van der Waals surface area contributed by atoms with Crippen LogP contribution in [-0.4, -0.2) is 32.6 Å². The lowest BCUT2D eigenvalue weighted by Gasteiger charge is -2.04. The molecule has 2 rings (SSSR count). The second-order valence-electron chi connectivity index (χ2n) is 4.18. The SMILES string of the molecule is O=C(O)c1nn(-c2ccc(I)cc2Cl)cc1CCCO. The van der Waals surface area contributed by atoms with Crippen LogP contribution in [0.15, 0.2) is 24.4 Å². The normalized spacial score (nSPS) is 10.8. The number of carboxylic acids is 1. The van der Waals surface area contributed by atoms with Crippen LogP contribution in [0.2, 0.25) is 5.02 Å². The quantitative estimate of drug-likeness (QED) is 0.749. The fraction of sp³-hybridized carbons (Fsp3) is 0.231. The fourth-order valence-electron chi connectivity index (χ4n) is 1.83. The van der Waals surface area contributed by atoms with Gasteiger partial charge in [-0.25, -0.2) is 9.48 Å². The van der Waals surface area contributed by atoms with Gasteiger partial charge in [0.15, 0.2) is 5.69 Å². The number of carboxylic acid groups (broad SMARTS) is 1. The Bertz CT molecular complexity index is 643. The molecule has 0 aliphatic heterocycles. The van der Waals surface area contributed by atoms with Crippen LogP contribution >= 0.6 is 34.2 Å². The molecule has 0 saturated heterocycles. The Balaban J connectivity index is 2.44. The largest absolute Gasteiger partial charge is 0.476 e. The average molecular weight is 407 g/mol. The Morgan fingerprint density at radius 2 is 2.20 bits per heavy atom. The second kappa shape index (κ2) is 6.55. The summed E-state index contributed by atoms with van der Waals surface area (Å²) in [6.45, 7) is 0.00846. The number of hydrogen-bond acceptors (Lipinski definition) is 3. The van der Waals surface area contributed by atoms with Gasteiger partial charge in [-0.1, -0.05) is 11.6 Å². The molecule has 0 aliphatic rings. The molecule has 0 radical (unpaired) electrons. The first kappa shape index (κ1) is 15.3. The zero-order chi connectivity index (χ0) is 14.7. The number of aromatic carboxylic acids is 1. The molecule has 1 aromatic heterocycles. The van der Waals surface area contributed by atoms with Gasteiger partial charge in [-0.05, 0) is 53.6 Å². The Labute approximate surface area is 134 Å². The van der Waals surface area contributed by atoms with Crippen molar-refractivity contribution in [3.8, 4) is 5.69 Å². The Kier molecular flexibility index (Phi) is 5.00. The van der Waals surface area contributed by atoms with Gasteiger partial charge in [0.05, 0.1) is 10.7 Å². The molecule has 2 N–H and O–H groups in total. The maximum Gasteiger partial charge on any atom is 0.356 e. The minimum atomic E-state index is -1.08. The van der Waals surface area contributed by atoms with Crippen molar-refractivity contribution in [1.29, 1.82) is 0 Å². The number of aromatic nitrogens is 2. The smallest absolute Gasteiger partial charge is 0.356 e. The maximum atomic E-state index is 11.2. The summed E-state index contributed by atoms with van der Waals surface area (Å²) in [5, 5.41) is 22.6. The summed E-state index contributed by atoms with van der Waals surface area (Å²) < 4.78 is 2.46. The van der Waals surface area contributed by atoms with Crippen molar-refractivity contribution in [2.24, 2.45) is 0 Å². The number of aliphatic hydroxyl groups is 1. The van der Waals surface area contributed by atoms with Crippen molar-refractivity contribution < 1.29 is 15.0 Å². The van der Waals surface area contributed by atoms with E-state index in [9.17, 15) is 4.79 Å². The summed E-state index contributed by atoms with van der Waals surface area (Å²) in [6.07, 6.45) is 2.60. The van der Waals surface area contributed by atoms with Crippen LogP contribution < -0.4 is 0 Å². The van der Waals surface area contributed by atoms with Gasteiger partial charge in [0, 0.05) is 21.9 Å². The van der Waals surface area contributed by atoms with Crippen LogP contribution in [0.1, 0.15) is 22.5 Å². The molecule has 0 saturated carbocycles. The van der Waals surface area contributed by atoms with Crippen LogP contribution in [0.25, 0.3) is 5.69 Å². The van der Waals surface area contributed by atoms with Crippen LogP contribution in [0.5, 0.6) is 0 Å². The van der Waals surface area contributed by atoms with Crippen molar-refractivity contribution in [2.45, 2.75) is 12.8 Å². The highest BCUT2D eigenvalue weighted by atomic mass is 127. The minimum Gasteiger partial charge on any atom is -0.476 e. The Morgan fingerprint density at radius 1 is 1.45 bits per heavy atom. The van der Waals surface area contributed by atoms with Gasteiger partial charge in [-0.15, -0.1) is 0 Å². The van der Waals surface area contributed by atoms with E-state index in [1.54, 1.807) is 18.3 Å². The molecule has 106 valence electrons. The molecule has 7 heteroatoms. The number of rotatable bonds is 5. The minimum absolute atomic E-state index is 0.00642. The molecule has 0 bridgehead atoms. The van der Waals surface area contributed by atoms with Gasteiger partial charge in [0.25, 0.3) is 0 Å². The van der Waals surface area contributed by atoms with Gasteiger partial charge < -0.3 is 10.2 Å². The van der Waals surface area contributed by atoms with Crippen LogP contribution in [0, 0.1) is 3.57 Å². The molecule has 0 fully saturated rings. The topological polar surface area (TPSA) is 75.3 Å². The third-order valence-corrected chi connectivity index (χ3v) is 3.73. The van der Waals surface area contributed by atoms with E-state index >= 15 is 0 Å². The number of hydrogen-bond donors (Lipinski definition) is 2. The molecule has 20 heavy (non-hydrogen) atoms. The highest BCUT2D eigenvalue weighted by molar-refractivity contribution is 14.1. The average Bonchev–Trinajstić information content (AvgIpc) is 2.80. The first-order valence-corrected chi connectivity index (χ1v) is 7.36. The van der Waals surface area contributed by atoms with Gasteiger partial charge in [-0.2, -0.15) is 5.10 Å². The fourth-order valence-corrected chi connectivity index (χ4v) is 2.78. The predicted molar refractivity (Wildman–Crippen MR) is 83.7 cm³/mol. The molecule has 0 unspecified atom stereocenters. The van der Waals surface area contributed by atoms with E-state index in [4.69, 9.17) is 21.8 Å². The number of halogens is 2. The van der Waals surface area contributed by atoms with Crippen molar-refractivity contribution >= 4 is 40.2 Å². The van der Waals surface area contributed by atoms with Gasteiger partial charge >= 0.3 is 5.97 Å². The van der Waals surface area contributed by atoms with E-state index in [2.05, 4.69) is 27.7 Å². The monoisotopic (exact) mass is 406 g/mol. The number of carbonyl (C=O) groups is 1. The highest BCUT2D eigenvalue weighted by Gasteiger charge is 2.17. The number of aryl methyl sites for hydroxylation is 1. The third kappa shape index (κ3) is 3.31. The molecule has 1 heterocycles. The summed E-state index contributed by atoms with van der Waals surface area (Å²) in [7, 11) is 0. The number of benzene rings is 1. The second-order valence-corrected chi connectivity index (χ2v) is 5.83. The molecule has 2 aromatic rings. The van der Waals surface area contributed by atoms with Crippen molar-refractivity contribution in [3.63, 3.8) is 0 Å². The standard InChI is InChI=1S/C13H12ClIN2O3/c14-10-6-9(15)3-4-11(10)17-7-8(2-1-5-18)12(16-17)13(19)20/h3-4,6-7,18H,1-2,5H2,(H,19,20). The number of aliphatic hydroxyl groups excluding tert-OH is 1. The van der Waals surface area contributed by atoms with Gasteiger partial charge in [0.1, 0.15) is 0 Å². The van der Waals surface area contributed by atoms with Crippen molar-refractivity contribution in [3.05, 3.63) is 44.2 Å². The van der Waals surface area contributed by atoms with E-state index < -0.39 is 5.97 Å². The molecule has 0 aliphatic carbocycles. The van der Waals surface area contributed by atoms with Crippen LogP contribution in [-0.2, 0) is 6.42 Å². The summed E-state index contributed by atoms with van der Waals surface area (Å²) in [5.74, 6) is -1.08. The van der Waals surface area contributed by atoms with E-state index in [-0.39, 0.29) is 12.3 Å². The molecular weight excluding hydrogens is 395 g/mol. The lowest BCUT2D eigenvalue weighted by Crippen LogP contribution is -2.03. The van der Waals surface area contributed by atoms with E-state index in [0.29, 0.717) is 29.1 Å². The summed E-state index contributed by atoms with van der Waals surface area (Å²) >= 11 is 8.30. The number of nitrogens with zero attached hydrogens (tertiary/aromatic N) is 2. The summed E-state index contributed by atoms with van der Waals surface area (Å²) in [5.41, 5.74) is 1.21. The molecule has 0 amide bonds. The zero-order valence-corrected chi connectivity index (χ0v) is 13.3. The van der Waals surface area contributed by atoms with Gasteiger partial charge in [0.2, 0.25) is 0 Å². The maximum absolute atomic E-state index is 11.2. The molecular formula is C13H12ClIN2O3. The van der Waals surface area contributed by atoms with E-state index in [1.165, 1.54) is 4.68 Å². The predicted octanol–water partition coefficient (Wildman–Crippen LogP) is 2.75. The lowest BCUT2D eigenvalue weighted by molar-refractivity contribution is 0.0688. The first-order chi connectivity index (χ1) is 9.52. The van der Waals surface area contributed by atoms with E-state index in [0.717, 1.165) is 3.57 Å².